The maximum atomic E-state index is 12.4. The third-order valence-electron chi connectivity index (χ3n) is 3.63. The summed E-state index contributed by atoms with van der Waals surface area (Å²) in [7, 11) is -0.564. The Morgan fingerprint density at radius 1 is 1.09 bits per heavy atom. The van der Waals surface area contributed by atoms with Crippen LogP contribution >= 0.6 is 0 Å². The Morgan fingerprint density at radius 3 is 2.48 bits per heavy atom. The van der Waals surface area contributed by atoms with Crippen LogP contribution in [0.2, 0.25) is 0 Å². The van der Waals surface area contributed by atoms with Gasteiger partial charge in [0.15, 0.2) is 0 Å². The molecule has 0 radical (unpaired) electrons. The molecular formula is C17H21NO4S. The van der Waals surface area contributed by atoms with Crippen LogP contribution in [0.5, 0.6) is 5.75 Å². The summed E-state index contributed by atoms with van der Waals surface area (Å²) in [5, 5.41) is 0. The number of aryl methyl sites for hydroxylation is 1. The normalized spacial score (nSPS) is 12.8. The lowest BCUT2D eigenvalue weighted by atomic mass is 10.0. The Balaban J connectivity index is 2.15. The maximum absolute atomic E-state index is 12.4. The molecule has 1 atom stereocenters. The number of rotatable bonds is 7. The lowest BCUT2D eigenvalue weighted by Gasteiger charge is -2.18. The van der Waals surface area contributed by atoms with E-state index in [9.17, 15) is 8.42 Å². The molecule has 6 heteroatoms. The highest BCUT2D eigenvalue weighted by atomic mass is 32.2. The maximum Gasteiger partial charge on any atom is 0.240 e. The van der Waals surface area contributed by atoms with E-state index < -0.39 is 10.0 Å². The lowest BCUT2D eigenvalue weighted by molar-refractivity contribution is 0.107. The van der Waals surface area contributed by atoms with Crippen molar-refractivity contribution in [2.75, 3.05) is 20.8 Å². The van der Waals surface area contributed by atoms with Crippen molar-refractivity contribution >= 4 is 10.0 Å². The van der Waals surface area contributed by atoms with Crippen molar-refractivity contribution in [2.24, 2.45) is 0 Å². The second-order valence-electron chi connectivity index (χ2n) is 5.11. The van der Waals surface area contributed by atoms with Crippen LogP contribution in [0.1, 0.15) is 17.2 Å². The van der Waals surface area contributed by atoms with Crippen LogP contribution < -0.4 is 9.46 Å². The van der Waals surface area contributed by atoms with Gasteiger partial charge in [-0.05, 0) is 30.2 Å². The van der Waals surface area contributed by atoms with E-state index in [0.717, 1.165) is 11.1 Å². The van der Waals surface area contributed by atoms with E-state index in [-0.39, 0.29) is 17.5 Å². The third kappa shape index (κ3) is 4.31. The predicted octanol–water partition coefficient (Wildman–Crippen LogP) is 2.67. The Morgan fingerprint density at radius 2 is 1.83 bits per heavy atom. The zero-order chi connectivity index (χ0) is 16.9. The number of hydrogen-bond donors (Lipinski definition) is 1. The van der Waals surface area contributed by atoms with Gasteiger partial charge in [-0.2, -0.15) is 0 Å². The minimum absolute atomic E-state index is 0.154. The van der Waals surface area contributed by atoms with Crippen molar-refractivity contribution in [1.82, 2.24) is 4.72 Å². The first-order valence-corrected chi connectivity index (χ1v) is 8.68. The van der Waals surface area contributed by atoms with Crippen LogP contribution in [-0.4, -0.2) is 29.2 Å². The van der Waals surface area contributed by atoms with E-state index in [1.54, 1.807) is 19.2 Å². The monoisotopic (exact) mass is 335 g/mol. The van der Waals surface area contributed by atoms with Crippen LogP contribution in [0, 0.1) is 6.92 Å². The van der Waals surface area contributed by atoms with Gasteiger partial charge in [0.05, 0.1) is 18.1 Å². The molecule has 0 unspecified atom stereocenters. The molecule has 0 heterocycles. The second-order valence-corrected chi connectivity index (χ2v) is 6.88. The van der Waals surface area contributed by atoms with Crippen LogP contribution in [0.3, 0.4) is 0 Å². The van der Waals surface area contributed by atoms with Gasteiger partial charge in [-0.15, -0.1) is 0 Å². The molecule has 0 bridgehead atoms. The molecule has 1 N–H and O–H groups in total. The van der Waals surface area contributed by atoms with E-state index in [1.165, 1.54) is 19.2 Å². The fourth-order valence-corrected chi connectivity index (χ4v) is 3.37. The van der Waals surface area contributed by atoms with E-state index in [1.807, 2.05) is 31.2 Å². The topological polar surface area (TPSA) is 64.6 Å². The van der Waals surface area contributed by atoms with Gasteiger partial charge in [0, 0.05) is 19.7 Å². The fourth-order valence-electron chi connectivity index (χ4n) is 2.31. The van der Waals surface area contributed by atoms with Gasteiger partial charge in [0.25, 0.3) is 0 Å². The van der Waals surface area contributed by atoms with Crippen molar-refractivity contribution in [3.8, 4) is 5.75 Å². The highest BCUT2D eigenvalue weighted by Crippen LogP contribution is 2.21. The van der Waals surface area contributed by atoms with E-state index in [2.05, 4.69) is 4.72 Å². The van der Waals surface area contributed by atoms with Gasteiger partial charge >= 0.3 is 0 Å². The first-order valence-electron chi connectivity index (χ1n) is 7.20. The fraction of sp³-hybridized carbons (Fsp3) is 0.294. The summed E-state index contributed by atoms with van der Waals surface area (Å²) < 4.78 is 37.9. The van der Waals surface area contributed by atoms with Crippen molar-refractivity contribution in [3.05, 3.63) is 59.7 Å². The van der Waals surface area contributed by atoms with Gasteiger partial charge < -0.3 is 9.47 Å². The molecular weight excluding hydrogens is 314 g/mol. The highest BCUT2D eigenvalue weighted by molar-refractivity contribution is 7.89. The molecule has 2 aromatic rings. The number of ether oxygens (including phenoxy) is 2. The zero-order valence-electron chi connectivity index (χ0n) is 13.4. The van der Waals surface area contributed by atoms with Crippen LogP contribution in [0.4, 0.5) is 0 Å². The lowest BCUT2D eigenvalue weighted by Crippen LogP contribution is -2.29. The third-order valence-corrected chi connectivity index (χ3v) is 5.05. The SMILES string of the molecule is COc1cccc(S(=O)(=O)NC[C@H](OC)c2ccccc2C)c1. The minimum Gasteiger partial charge on any atom is -0.497 e. The summed E-state index contributed by atoms with van der Waals surface area (Å²) in [6.45, 7) is 2.12. The van der Waals surface area contributed by atoms with Crippen LogP contribution in [-0.2, 0) is 14.8 Å². The largest absolute Gasteiger partial charge is 0.497 e. The summed E-state index contributed by atoms with van der Waals surface area (Å²) in [6, 6.07) is 14.1. The van der Waals surface area contributed by atoms with Crippen molar-refractivity contribution < 1.29 is 17.9 Å². The average molecular weight is 335 g/mol. The zero-order valence-corrected chi connectivity index (χ0v) is 14.3. The molecule has 5 nitrogen and oxygen atoms in total. The molecule has 0 saturated carbocycles. The van der Waals surface area contributed by atoms with Gasteiger partial charge in [0.2, 0.25) is 10.0 Å². The van der Waals surface area contributed by atoms with Crippen molar-refractivity contribution in [1.29, 1.82) is 0 Å². The Bertz CT molecular complexity index is 759. The predicted molar refractivity (Wildman–Crippen MR) is 89.1 cm³/mol. The Hall–Kier alpha value is -1.89. The molecule has 0 saturated heterocycles. The smallest absolute Gasteiger partial charge is 0.240 e. The van der Waals surface area contributed by atoms with E-state index in [0.29, 0.717) is 5.75 Å². The van der Waals surface area contributed by atoms with Gasteiger partial charge in [-0.25, -0.2) is 13.1 Å². The molecule has 23 heavy (non-hydrogen) atoms. The van der Waals surface area contributed by atoms with E-state index >= 15 is 0 Å². The molecule has 0 aliphatic carbocycles. The van der Waals surface area contributed by atoms with Crippen molar-refractivity contribution in [2.45, 2.75) is 17.9 Å². The Kier molecular flexibility index (Phi) is 5.76. The second kappa shape index (κ2) is 7.59. The molecule has 0 spiro atoms. The molecule has 0 amide bonds. The number of sulfonamides is 1. The van der Waals surface area contributed by atoms with Gasteiger partial charge in [-0.3, -0.25) is 0 Å². The molecule has 0 aliphatic rings. The summed E-state index contributed by atoms with van der Waals surface area (Å²) >= 11 is 0. The molecule has 0 aromatic heterocycles. The molecule has 0 fully saturated rings. The standard InChI is InChI=1S/C17H21NO4S/c1-13-7-4-5-10-16(13)17(22-3)12-18-23(19,20)15-9-6-8-14(11-15)21-2/h4-11,17-18H,12H2,1-3H3/t17-/m0/s1. The Labute approximate surface area is 137 Å². The van der Waals surface area contributed by atoms with Crippen LogP contribution in [0.25, 0.3) is 0 Å². The van der Waals surface area contributed by atoms with E-state index in [4.69, 9.17) is 9.47 Å². The molecule has 0 aliphatic heterocycles. The first kappa shape index (κ1) is 17.5. The number of hydrogen-bond acceptors (Lipinski definition) is 4. The molecule has 124 valence electrons. The number of nitrogens with one attached hydrogen (secondary N) is 1. The van der Waals surface area contributed by atoms with Gasteiger partial charge in [-0.1, -0.05) is 30.3 Å². The summed E-state index contributed by atoms with van der Waals surface area (Å²) in [5.74, 6) is 0.495. The summed E-state index contributed by atoms with van der Waals surface area (Å²) in [4.78, 5) is 0.163. The number of benzene rings is 2. The van der Waals surface area contributed by atoms with Gasteiger partial charge in [0.1, 0.15) is 5.75 Å². The summed E-state index contributed by atoms with van der Waals surface area (Å²) in [5.41, 5.74) is 2.02. The first-order chi connectivity index (χ1) is 11.0. The van der Waals surface area contributed by atoms with Crippen LogP contribution in [0.15, 0.2) is 53.4 Å². The molecule has 2 rings (SSSR count). The quantitative estimate of drug-likeness (QED) is 0.845. The highest BCUT2D eigenvalue weighted by Gasteiger charge is 2.19. The average Bonchev–Trinajstić information content (AvgIpc) is 2.57. The number of methoxy groups -OCH3 is 2. The minimum atomic E-state index is -3.63. The van der Waals surface area contributed by atoms with Crippen molar-refractivity contribution in [3.63, 3.8) is 0 Å². The summed E-state index contributed by atoms with van der Waals surface area (Å²) in [6.07, 6.45) is -0.350. The molecule has 2 aromatic carbocycles.